The summed E-state index contributed by atoms with van der Waals surface area (Å²) in [5, 5.41) is 9.14. The quantitative estimate of drug-likeness (QED) is 0.289. The third-order valence-electron chi connectivity index (χ3n) is 8.31. The van der Waals surface area contributed by atoms with E-state index in [1.54, 1.807) is 16.7 Å². The number of thioether (sulfide) groups is 1. The third kappa shape index (κ3) is 5.00. The zero-order chi connectivity index (χ0) is 27.2. The molecule has 37 heavy (non-hydrogen) atoms. The van der Waals surface area contributed by atoms with Gasteiger partial charge >= 0.3 is 5.97 Å². The van der Waals surface area contributed by atoms with Crippen LogP contribution in [0.15, 0.2) is 24.3 Å². The summed E-state index contributed by atoms with van der Waals surface area (Å²) in [6.45, 7) is 14.1. The van der Waals surface area contributed by atoms with Gasteiger partial charge in [-0.15, -0.1) is 11.8 Å². The van der Waals surface area contributed by atoms with Crippen LogP contribution in [0.5, 0.6) is 0 Å². The summed E-state index contributed by atoms with van der Waals surface area (Å²) in [4.78, 5) is 45.7. The van der Waals surface area contributed by atoms with Crippen molar-refractivity contribution < 1.29 is 24.2 Å². The van der Waals surface area contributed by atoms with Crippen LogP contribution in [-0.4, -0.2) is 80.1 Å². The highest BCUT2D eigenvalue weighted by molar-refractivity contribution is 8.02. The van der Waals surface area contributed by atoms with E-state index in [0.29, 0.717) is 13.1 Å². The predicted octanol–water partition coefficient (Wildman–Crippen LogP) is 3.95. The molecule has 2 amide bonds. The number of cyclic esters (lactones) is 1. The minimum atomic E-state index is -0.827. The Bertz CT molecular complexity index is 985. The van der Waals surface area contributed by atoms with Gasteiger partial charge in [0.2, 0.25) is 11.8 Å². The number of fused-ring (bicyclic) bond motifs is 2. The van der Waals surface area contributed by atoms with Crippen molar-refractivity contribution in [2.24, 2.45) is 17.3 Å². The number of amides is 2. The zero-order valence-corrected chi connectivity index (χ0v) is 24.1. The second kappa shape index (κ2) is 10.1. The lowest BCUT2D eigenvalue weighted by molar-refractivity contribution is -0.152. The molecule has 1 N–H and O–H groups in total. The monoisotopic (exact) mass is 532 g/mol. The summed E-state index contributed by atoms with van der Waals surface area (Å²) in [6.07, 6.45) is 12.0. The van der Waals surface area contributed by atoms with E-state index in [1.165, 1.54) is 0 Å². The molecule has 0 saturated carbocycles. The van der Waals surface area contributed by atoms with Crippen LogP contribution >= 0.6 is 11.8 Å². The highest BCUT2D eigenvalue weighted by Crippen LogP contribution is 2.65. The first-order valence-corrected chi connectivity index (χ1v) is 14.5. The standard InChI is InChI=1S/C29H44N2O5S/c1-26(2,3)19-27(4,5)31-16-11-14-29-20(21-25(35)36-18-12-13-28(21,6)37-29)23(33)30(22(29)24(31)34)15-9-7-8-10-17-32/h11-14,20-22,32H,7-10,15-19H2,1-6H3/t20-,21+,22?,28-,29-/m0/s1. The summed E-state index contributed by atoms with van der Waals surface area (Å²) >= 11 is 1.60. The van der Waals surface area contributed by atoms with E-state index in [1.807, 2.05) is 30.1 Å². The average molecular weight is 533 g/mol. The molecule has 2 saturated heterocycles. The molecule has 0 bridgehead atoms. The van der Waals surface area contributed by atoms with Crippen LogP contribution in [-0.2, 0) is 19.1 Å². The number of hydrogen-bond acceptors (Lipinski definition) is 6. The van der Waals surface area contributed by atoms with Crippen LogP contribution in [0.3, 0.4) is 0 Å². The van der Waals surface area contributed by atoms with Gasteiger partial charge in [0.05, 0.1) is 16.6 Å². The van der Waals surface area contributed by atoms with Gasteiger partial charge in [0.1, 0.15) is 12.6 Å². The highest BCUT2D eigenvalue weighted by atomic mass is 32.2. The minimum absolute atomic E-state index is 0.0231. The summed E-state index contributed by atoms with van der Waals surface area (Å²) in [5.41, 5.74) is -0.384. The molecule has 4 aliphatic rings. The Labute approximate surface area is 226 Å². The number of carbonyl (C=O) groups excluding carboxylic acids is 3. The van der Waals surface area contributed by atoms with Crippen molar-refractivity contribution in [2.75, 3.05) is 26.3 Å². The van der Waals surface area contributed by atoms with Crippen LogP contribution < -0.4 is 0 Å². The van der Waals surface area contributed by atoms with Gasteiger partial charge < -0.3 is 19.6 Å². The molecule has 0 aromatic heterocycles. The van der Waals surface area contributed by atoms with Crippen molar-refractivity contribution in [1.82, 2.24) is 9.80 Å². The molecular formula is C29H44N2O5S. The normalized spacial score (nSPS) is 33.7. The second-order valence-corrected chi connectivity index (χ2v) is 14.9. The van der Waals surface area contributed by atoms with Crippen molar-refractivity contribution in [3.8, 4) is 0 Å². The van der Waals surface area contributed by atoms with Gasteiger partial charge in [-0.05, 0) is 51.5 Å². The lowest BCUT2D eigenvalue weighted by atomic mass is 9.74. The molecule has 0 aromatic rings. The smallest absolute Gasteiger partial charge is 0.311 e. The highest BCUT2D eigenvalue weighted by Gasteiger charge is 2.74. The number of aliphatic hydroxyl groups is 1. The Morgan fingerprint density at radius 1 is 1.00 bits per heavy atom. The maximum atomic E-state index is 14.6. The van der Waals surface area contributed by atoms with E-state index in [2.05, 4.69) is 40.7 Å². The van der Waals surface area contributed by atoms with Crippen LogP contribution in [0.2, 0.25) is 0 Å². The molecule has 0 radical (unpaired) electrons. The molecule has 1 spiro atoms. The predicted molar refractivity (Wildman–Crippen MR) is 146 cm³/mol. The van der Waals surface area contributed by atoms with E-state index < -0.39 is 32.9 Å². The fourth-order valence-electron chi connectivity index (χ4n) is 7.28. The molecule has 4 heterocycles. The topological polar surface area (TPSA) is 87.2 Å². The van der Waals surface area contributed by atoms with E-state index >= 15 is 0 Å². The van der Waals surface area contributed by atoms with E-state index in [-0.39, 0.29) is 36.4 Å². The Morgan fingerprint density at radius 2 is 1.70 bits per heavy atom. The van der Waals surface area contributed by atoms with Crippen LogP contribution in [0.25, 0.3) is 0 Å². The summed E-state index contributed by atoms with van der Waals surface area (Å²) in [7, 11) is 0. The molecule has 206 valence electrons. The molecule has 1 unspecified atom stereocenters. The number of rotatable bonds is 8. The molecule has 0 aromatic carbocycles. The van der Waals surface area contributed by atoms with Gasteiger partial charge in [0.25, 0.3) is 0 Å². The van der Waals surface area contributed by atoms with E-state index in [0.717, 1.165) is 32.1 Å². The zero-order valence-electron chi connectivity index (χ0n) is 23.3. The van der Waals surface area contributed by atoms with Crippen molar-refractivity contribution in [3.05, 3.63) is 24.3 Å². The minimum Gasteiger partial charge on any atom is -0.461 e. The van der Waals surface area contributed by atoms with Crippen LogP contribution in [0, 0.1) is 17.3 Å². The van der Waals surface area contributed by atoms with Gasteiger partial charge in [-0.2, -0.15) is 0 Å². The number of aliphatic hydroxyl groups excluding tert-OH is 1. The van der Waals surface area contributed by atoms with E-state index in [9.17, 15) is 14.4 Å². The largest absolute Gasteiger partial charge is 0.461 e. The molecule has 4 aliphatic heterocycles. The van der Waals surface area contributed by atoms with E-state index in [4.69, 9.17) is 9.84 Å². The molecule has 4 rings (SSSR count). The van der Waals surface area contributed by atoms with Gasteiger partial charge in [-0.1, -0.05) is 51.8 Å². The number of carbonyl (C=O) groups is 3. The average Bonchev–Trinajstić information content (AvgIpc) is 3.02. The van der Waals surface area contributed by atoms with Gasteiger partial charge in [-0.3, -0.25) is 14.4 Å². The number of esters is 1. The number of likely N-dealkylation sites (tertiary alicyclic amines) is 1. The maximum absolute atomic E-state index is 14.6. The number of nitrogens with zero attached hydrogens (tertiary/aromatic N) is 2. The summed E-state index contributed by atoms with van der Waals surface area (Å²) in [5.74, 6) is -1.79. The third-order valence-corrected chi connectivity index (χ3v) is 10.1. The van der Waals surface area contributed by atoms with Gasteiger partial charge in [0.15, 0.2) is 0 Å². The first kappa shape index (κ1) is 28.2. The van der Waals surface area contributed by atoms with Crippen LogP contribution in [0.1, 0.15) is 73.6 Å². The Balaban J connectivity index is 1.76. The number of hydrogen-bond donors (Lipinski definition) is 1. The van der Waals surface area contributed by atoms with Crippen LogP contribution in [0.4, 0.5) is 0 Å². The Morgan fingerprint density at radius 3 is 2.38 bits per heavy atom. The molecule has 5 atom stereocenters. The van der Waals surface area contributed by atoms with Crippen molar-refractivity contribution in [1.29, 1.82) is 0 Å². The van der Waals surface area contributed by atoms with Crippen molar-refractivity contribution >= 4 is 29.5 Å². The Kier molecular flexibility index (Phi) is 7.67. The first-order valence-electron chi connectivity index (χ1n) is 13.7. The van der Waals surface area contributed by atoms with Crippen molar-refractivity contribution in [3.63, 3.8) is 0 Å². The van der Waals surface area contributed by atoms with Gasteiger partial charge in [-0.25, -0.2) is 0 Å². The van der Waals surface area contributed by atoms with Crippen molar-refractivity contribution in [2.45, 2.75) is 94.7 Å². The summed E-state index contributed by atoms with van der Waals surface area (Å²) in [6, 6.07) is -0.671. The lowest BCUT2D eigenvalue weighted by Gasteiger charge is -2.44. The number of ether oxygens (including phenoxy) is 1. The maximum Gasteiger partial charge on any atom is 0.311 e. The SMILES string of the molecule is CC(C)(C)CC(C)(C)N1CC=C[C@]23S[C@@]4(C)C=CCOC(=O)[C@H]4[C@H]2C(=O)N(CCCCCCO)C3C1=O. The molecule has 8 heteroatoms. The second-order valence-electron chi connectivity index (χ2n) is 13.1. The fourth-order valence-corrected chi connectivity index (χ4v) is 9.43. The lowest BCUT2D eigenvalue weighted by Crippen LogP contribution is -2.58. The molecular weight excluding hydrogens is 488 g/mol. The first-order chi connectivity index (χ1) is 17.3. The fraction of sp³-hybridized carbons (Fsp3) is 0.759. The number of unbranched alkanes of at least 4 members (excludes halogenated alkanes) is 3. The molecule has 2 fully saturated rings. The molecule has 7 nitrogen and oxygen atoms in total. The van der Waals surface area contributed by atoms with Gasteiger partial charge in [0, 0.05) is 30.0 Å². The summed E-state index contributed by atoms with van der Waals surface area (Å²) < 4.78 is 4.06. The molecule has 0 aliphatic carbocycles. The Hall–Kier alpha value is -1.80.